The molecule has 2 aromatic rings. The molecule has 13 heavy (non-hydrogen) atoms. The molecule has 2 rings (SSSR count). The number of hydrogen-bond acceptors (Lipinski definition) is 2. The fourth-order valence-electron chi connectivity index (χ4n) is 1.25. The van der Waals surface area contributed by atoms with E-state index in [-0.39, 0.29) is 11.2 Å². The van der Waals surface area contributed by atoms with Crippen LogP contribution < -0.4 is 0 Å². The molecule has 0 saturated heterocycles. The fraction of sp³-hybridized carbons (Fsp3) is 0.111. The van der Waals surface area contributed by atoms with Crippen molar-refractivity contribution in [2.45, 2.75) is 6.92 Å². The molecule has 0 unspecified atom stereocenters. The van der Waals surface area contributed by atoms with E-state index in [2.05, 4.69) is 4.98 Å². The van der Waals surface area contributed by atoms with Gasteiger partial charge in [-0.3, -0.25) is 4.79 Å². The van der Waals surface area contributed by atoms with Crippen molar-refractivity contribution in [1.82, 2.24) is 9.38 Å². The summed E-state index contributed by atoms with van der Waals surface area (Å²) in [6.07, 6.45) is 3.80. The third-order valence-electron chi connectivity index (χ3n) is 1.84. The average Bonchev–Trinajstić information content (AvgIpc) is 2.47. The first-order valence-electron chi connectivity index (χ1n) is 3.81. The molecule has 0 saturated carbocycles. The Kier molecular flexibility index (Phi) is 1.62. The van der Waals surface area contributed by atoms with Gasteiger partial charge in [-0.25, -0.2) is 9.37 Å². The highest BCUT2D eigenvalue weighted by molar-refractivity contribution is 5.77. The van der Waals surface area contributed by atoms with Crippen molar-refractivity contribution in [2.24, 2.45) is 0 Å². The van der Waals surface area contributed by atoms with E-state index >= 15 is 0 Å². The van der Waals surface area contributed by atoms with Crippen LogP contribution in [0.1, 0.15) is 16.1 Å². The van der Waals surface area contributed by atoms with E-state index in [4.69, 9.17) is 0 Å². The van der Waals surface area contributed by atoms with Gasteiger partial charge in [-0.1, -0.05) is 0 Å². The monoisotopic (exact) mass is 178 g/mol. The Morgan fingerprint density at radius 3 is 3.08 bits per heavy atom. The number of fused-ring (bicyclic) bond motifs is 1. The first-order valence-corrected chi connectivity index (χ1v) is 3.81. The SMILES string of the molecule is Cc1cn2ccc(C=O)c(F)c2n1. The summed E-state index contributed by atoms with van der Waals surface area (Å²) in [5.41, 5.74) is 0.960. The molecule has 2 heterocycles. The molecule has 0 radical (unpaired) electrons. The summed E-state index contributed by atoms with van der Waals surface area (Å²) in [5, 5.41) is 0. The van der Waals surface area contributed by atoms with E-state index in [1.54, 1.807) is 23.7 Å². The highest BCUT2D eigenvalue weighted by Crippen LogP contribution is 2.12. The molecule has 0 aliphatic heterocycles. The fourth-order valence-corrected chi connectivity index (χ4v) is 1.25. The standard InChI is InChI=1S/C9H7FN2O/c1-6-4-12-3-2-7(5-13)8(10)9(12)11-6/h2-5H,1H3. The Morgan fingerprint density at radius 2 is 2.38 bits per heavy atom. The topological polar surface area (TPSA) is 34.4 Å². The molecule has 0 spiro atoms. The van der Waals surface area contributed by atoms with Crippen LogP contribution in [0.15, 0.2) is 18.5 Å². The molecule has 2 aromatic heterocycles. The maximum absolute atomic E-state index is 13.4. The maximum Gasteiger partial charge on any atom is 0.176 e. The Balaban J connectivity index is 2.85. The zero-order valence-electron chi connectivity index (χ0n) is 6.99. The van der Waals surface area contributed by atoms with Gasteiger partial charge >= 0.3 is 0 Å². The summed E-state index contributed by atoms with van der Waals surface area (Å²) in [4.78, 5) is 14.4. The van der Waals surface area contributed by atoms with Crippen LogP contribution in [-0.2, 0) is 0 Å². The number of pyridine rings is 1. The quantitative estimate of drug-likeness (QED) is 0.621. The zero-order valence-corrected chi connectivity index (χ0v) is 6.99. The lowest BCUT2D eigenvalue weighted by Gasteiger charge is -1.96. The Labute approximate surface area is 73.8 Å². The van der Waals surface area contributed by atoms with Crippen molar-refractivity contribution in [1.29, 1.82) is 0 Å². The van der Waals surface area contributed by atoms with E-state index in [1.165, 1.54) is 6.07 Å². The van der Waals surface area contributed by atoms with E-state index in [0.717, 1.165) is 5.69 Å². The van der Waals surface area contributed by atoms with Crippen molar-refractivity contribution < 1.29 is 9.18 Å². The Bertz CT molecular complexity index is 476. The molecule has 3 nitrogen and oxygen atoms in total. The van der Waals surface area contributed by atoms with Crippen LogP contribution in [0.5, 0.6) is 0 Å². The molecule has 0 aromatic carbocycles. The van der Waals surface area contributed by atoms with Crippen LogP contribution in [0.2, 0.25) is 0 Å². The summed E-state index contributed by atoms with van der Waals surface area (Å²) in [6, 6.07) is 1.43. The molecule has 0 N–H and O–H groups in total. The van der Waals surface area contributed by atoms with Gasteiger partial charge < -0.3 is 4.40 Å². The van der Waals surface area contributed by atoms with Crippen molar-refractivity contribution in [3.8, 4) is 0 Å². The van der Waals surface area contributed by atoms with Crippen LogP contribution >= 0.6 is 0 Å². The number of carbonyl (C=O) groups is 1. The summed E-state index contributed by atoms with van der Waals surface area (Å²) in [5.74, 6) is -0.564. The Morgan fingerprint density at radius 1 is 1.62 bits per heavy atom. The maximum atomic E-state index is 13.4. The van der Waals surface area contributed by atoms with Crippen LogP contribution in [0, 0.1) is 12.7 Å². The molecule has 0 aliphatic carbocycles. The number of aldehydes is 1. The van der Waals surface area contributed by atoms with Crippen molar-refractivity contribution in [2.75, 3.05) is 0 Å². The molecule has 0 fully saturated rings. The highest BCUT2D eigenvalue weighted by Gasteiger charge is 2.08. The summed E-state index contributed by atoms with van der Waals surface area (Å²) in [7, 11) is 0. The first kappa shape index (κ1) is 7.91. The smallest absolute Gasteiger partial charge is 0.176 e. The highest BCUT2D eigenvalue weighted by atomic mass is 19.1. The lowest BCUT2D eigenvalue weighted by Crippen LogP contribution is -1.93. The average molecular weight is 178 g/mol. The molecule has 4 heteroatoms. The number of nitrogens with zero attached hydrogens (tertiary/aromatic N) is 2. The lowest BCUT2D eigenvalue weighted by molar-refractivity contribution is 0.112. The Hall–Kier alpha value is -1.71. The van der Waals surface area contributed by atoms with E-state index in [0.29, 0.717) is 6.29 Å². The minimum absolute atomic E-state index is 0.0399. The lowest BCUT2D eigenvalue weighted by atomic mass is 10.3. The predicted molar refractivity (Wildman–Crippen MR) is 45.3 cm³/mol. The third kappa shape index (κ3) is 1.11. The van der Waals surface area contributed by atoms with Gasteiger partial charge in [0.25, 0.3) is 0 Å². The van der Waals surface area contributed by atoms with Crippen LogP contribution in [0.4, 0.5) is 4.39 Å². The van der Waals surface area contributed by atoms with Gasteiger partial charge in [-0.05, 0) is 13.0 Å². The van der Waals surface area contributed by atoms with Crippen molar-refractivity contribution in [3.05, 3.63) is 35.5 Å². The van der Waals surface area contributed by atoms with Crippen LogP contribution in [-0.4, -0.2) is 15.7 Å². The number of carbonyl (C=O) groups excluding carboxylic acids is 1. The molecule has 0 amide bonds. The van der Waals surface area contributed by atoms with E-state index in [1.807, 2.05) is 0 Å². The van der Waals surface area contributed by atoms with Gasteiger partial charge in [0.2, 0.25) is 0 Å². The number of halogens is 1. The summed E-state index contributed by atoms with van der Waals surface area (Å²) >= 11 is 0. The van der Waals surface area contributed by atoms with Gasteiger partial charge in [0.05, 0.1) is 11.3 Å². The van der Waals surface area contributed by atoms with Crippen LogP contribution in [0.25, 0.3) is 5.65 Å². The molecule has 0 aliphatic rings. The molecular formula is C9H7FN2O. The second kappa shape index (κ2) is 2.65. The first-order chi connectivity index (χ1) is 6.22. The van der Waals surface area contributed by atoms with Crippen LogP contribution in [0.3, 0.4) is 0 Å². The number of rotatable bonds is 1. The minimum Gasteiger partial charge on any atom is -0.304 e. The minimum atomic E-state index is -0.564. The van der Waals surface area contributed by atoms with Crippen molar-refractivity contribution in [3.63, 3.8) is 0 Å². The van der Waals surface area contributed by atoms with Gasteiger partial charge in [0.15, 0.2) is 17.8 Å². The zero-order chi connectivity index (χ0) is 9.42. The van der Waals surface area contributed by atoms with Gasteiger partial charge in [0, 0.05) is 12.4 Å². The number of imidazole rings is 1. The molecule has 66 valence electrons. The van der Waals surface area contributed by atoms with Gasteiger partial charge in [0.1, 0.15) is 0 Å². The van der Waals surface area contributed by atoms with E-state index < -0.39 is 5.82 Å². The van der Waals surface area contributed by atoms with Gasteiger partial charge in [-0.2, -0.15) is 0 Å². The molecular weight excluding hydrogens is 171 g/mol. The van der Waals surface area contributed by atoms with Crippen molar-refractivity contribution >= 4 is 11.9 Å². The largest absolute Gasteiger partial charge is 0.304 e. The predicted octanol–water partition coefficient (Wildman–Crippen LogP) is 1.59. The summed E-state index contributed by atoms with van der Waals surface area (Å²) < 4.78 is 14.9. The molecule has 0 bridgehead atoms. The second-order valence-electron chi connectivity index (χ2n) is 2.82. The number of hydrogen-bond donors (Lipinski definition) is 0. The normalized spacial score (nSPS) is 10.6. The summed E-state index contributed by atoms with van der Waals surface area (Å²) in [6.45, 7) is 1.77. The second-order valence-corrected chi connectivity index (χ2v) is 2.82. The van der Waals surface area contributed by atoms with E-state index in [9.17, 15) is 9.18 Å². The molecule has 0 atom stereocenters. The van der Waals surface area contributed by atoms with Gasteiger partial charge in [-0.15, -0.1) is 0 Å². The third-order valence-corrected chi connectivity index (χ3v) is 1.84. The number of aryl methyl sites for hydroxylation is 1. The number of aromatic nitrogens is 2.